The molecule has 0 saturated carbocycles. The van der Waals surface area contributed by atoms with Gasteiger partial charge in [-0.3, -0.25) is 4.98 Å². The standard InChI is InChI=1S/C10H8N2O2/c11-8-3-1-2-6-7(10(13)14)4-5-12-9(6)8/h1-5H,11H2,(H,13,14). The number of carboxylic acids is 1. The summed E-state index contributed by atoms with van der Waals surface area (Å²) in [6, 6.07) is 6.57. The van der Waals surface area contributed by atoms with Gasteiger partial charge in [-0.1, -0.05) is 12.1 Å². The first-order valence-electron chi connectivity index (χ1n) is 4.06. The van der Waals surface area contributed by atoms with Crippen LogP contribution in [0.5, 0.6) is 0 Å². The molecule has 0 radical (unpaired) electrons. The molecule has 0 amide bonds. The third-order valence-corrected chi connectivity index (χ3v) is 2.03. The number of hydrogen-bond acceptors (Lipinski definition) is 3. The molecular weight excluding hydrogens is 180 g/mol. The van der Waals surface area contributed by atoms with Gasteiger partial charge in [-0.2, -0.15) is 0 Å². The number of hydrogen-bond donors (Lipinski definition) is 2. The predicted octanol–water partition coefficient (Wildman–Crippen LogP) is 1.52. The number of anilines is 1. The number of fused-ring (bicyclic) bond motifs is 1. The van der Waals surface area contributed by atoms with Crippen LogP contribution in [0, 0.1) is 0 Å². The van der Waals surface area contributed by atoms with Crippen LogP contribution >= 0.6 is 0 Å². The molecule has 0 aliphatic rings. The Kier molecular flexibility index (Phi) is 1.81. The van der Waals surface area contributed by atoms with Gasteiger partial charge in [0.15, 0.2) is 0 Å². The Morgan fingerprint density at radius 2 is 2.14 bits per heavy atom. The van der Waals surface area contributed by atoms with E-state index in [0.717, 1.165) is 0 Å². The van der Waals surface area contributed by atoms with E-state index < -0.39 is 5.97 Å². The lowest BCUT2D eigenvalue weighted by molar-refractivity contribution is 0.0699. The number of benzene rings is 1. The molecule has 14 heavy (non-hydrogen) atoms. The van der Waals surface area contributed by atoms with Crippen LogP contribution in [0.4, 0.5) is 5.69 Å². The zero-order valence-corrected chi connectivity index (χ0v) is 7.27. The van der Waals surface area contributed by atoms with Crippen molar-refractivity contribution in [3.05, 3.63) is 36.0 Å². The van der Waals surface area contributed by atoms with Crippen molar-refractivity contribution < 1.29 is 9.90 Å². The topological polar surface area (TPSA) is 76.2 Å². The second-order valence-corrected chi connectivity index (χ2v) is 2.91. The molecule has 0 spiro atoms. The van der Waals surface area contributed by atoms with Crippen molar-refractivity contribution in [3.8, 4) is 0 Å². The molecule has 0 aliphatic heterocycles. The second-order valence-electron chi connectivity index (χ2n) is 2.91. The number of para-hydroxylation sites is 1. The molecule has 0 unspecified atom stereocenters. The summed E-state index contributed by atoms with van der Waals surface area (Å²) in [5.74, 6) is -0.969. The van der Waals surface area contributed by atoms with Crippen molar-refractivity contribution in [2.45, 2.75) is 0 Å². The van der Waals surface area contributed by atoms with Crippen LogP contribution in [0.3, 0.4) is 0 Å². The summed E-state index contributed by atoms with van der Waals surface area (Å²) in [4.78, 5) is 14.9. The number of carboxylic acid groups (broad SMARTS) is 1. The number of nitrogen functional groups attached to an aromatic ring is 1. The highest BCUT2D eigenvalue weighted by Gasteiger charge is 2.09. The van der Waals surface area contributed by atoms with Crippen molar-refractivity contribution in [2.75, 3.05) is 5.73 Å². The summed E-state index contributed by atoms with van der Waals surface area (Å²) in [5.41, 5.74) is 6.92. The monoisotopic (exact) mass is 188 g/mol. The van der Waals surface area contributed by atoms with Gasteiger partial charge in [0.05, 0.1) is 16.8 Å². The molecule has 0 saturated heterocycles. The summed E-state index contributed by atoms with van der Waals surface area (Å²) < 4.78 is 0. The maximum Gasteiger partial charge on any atom is 0.336 e. The first kappa shape index (κ1) is 8.50. The van der Waals surface area contributed by atoms with E-state index in [2.05, 4.69) is 4.98 Å². The largest absolute Gasteiger partial charge is 0.478 e. The van der Waals surface area contributed by atoms with Gasteiger partial charge >= 0.3 is 5.97 Å². The number of aromatic carboxylic acids is 1. The first-order valence-corrected chi connectivity index (χ1v) is 4.06. The van der Waals surface area contributed by atoms with Crippen molar-refractivity contribution >= 4 is 22.6 Å². The van der Waals surface area contributed by atoms with E-state index >= 15 is 0 Å². The van der Waals surface area contributed by atoms with E-state index in [9.17, 15) is 4.79 Å². The highest BCUT2D eigenvalue weighted by atomic mass is 16.4. The summed E-state index contributed by atoms with van der Waals surface area (Å²) in [6.07, 6.45) is 1.45. The van der Waals surface area contributed by atoms with Crippen LogP contribution in [0.25, 0.3) is 10.9 Å². The smallest absolute Gasteiger partial charge is 0.336 e. The highest BCUT2D eigenvalue weighted by Crippen LogP contribution is 2.21. The molecule has 1 heterocycles. The molecule has 4 nitrogen and oxygen atoms in total. The maximum absolute atomic E-state index is 10.9. The van der Waals surface area contributed by atoms with Crippen LogP contribution in [-0.2, 0) is 0 Å². The Bertz CT molecular complexity index is 508. The number of nitrogens with zero attached hydrogens (tertiary/aromatic N) is 1. The third-order valence-electron chi connectivity index (χ3n) is 2.03. The minimum Gasteiger partial charge on any atom is -0.478 e. The van der Waals surface area contributed by atoms with E-state index in [1.54, 1.807) is 18.2 Å². The van der Waals surface area contributed by atoms with E-state index in [4.69, 9.17) is 10.8 Å². The average molecular weight is 188 g/mol. The van der Waals surface area contributed by atoms with Crippen molar-refractivity contribution in [1.82, 2.24) is 4.98 Å². The van der Waals surface area contributed by atoms with Gasteiger partial charge < -0.3 is 10.8 Å². The van der Waals surface area contributed by atoms with Crippen LogP contribution in [0.15, 0.2) is 30.5 Å². The summed E-state index contributed by atoms with van der Waals surface area (Å²) in [5, 5.41) is 9.47. The fourth-order valence-electron chi connectivity index (χ4n) is 1.39. The molecule has 2 rings (SSSR count). The summed E-state index contributed by atoms with van der Waals surface area (Å²) >= 11 is 0. The SMILES string of the molecule is Nc1cccc2c(C(=O)O)ccnc12. The predicted molar refractivity (Wildman–Crippen MR) is 53.1 cm³/mol. The minimum atomic E-state index is -0.969. The Morgan fingerprint density at radius 1 is 1.36 bits per heavy atom. The van der Waals surface area contributed by atoms with Crippen LogP contribution in [0.2, 0.25) is 0 Å². The second kappa shape index (κ2) is 2.99. The number of carbonyl (C=O) groups is 1. The van der Waals surface area contributed by atoms with E-state index in [1.807, 2.05) is 0 Å². The summed E-state index contributed by atoms with van der Waals surface area (Å²) in [7, 11) is 0. The highest BCUT2D eigenvalue weighted by molar-refractivity contribution is 6.05. The lowest BCUT2D eigenvalue weighted by Crippen LogP contribution is -1.99. The molecule has 2 aromatic rings. The van der Waals surface area contributed by atoms with Gasteiger partial charge in [-0.25, -0.2) is 4.79 Å². The van der Waals surface area contributed by atoms with Crippen molar-refractivity contribution in [3.63, 3.8) is 0 Å². The summed E-state index contributed by atoms with van der Waals surface area (Å²) in [6.45, 7) is 0. The maximum atomic E-state index is 10.9. The Morgan fingerprint density at radius 3 is 2.86 bits per heavy atom. The number of rotatable bonds is 1. The van der Waals surface area contributed by atoms with Crippen molar-refractivity contribution in [2.24, 2.45) is 0 Å². The van der Waals surface area contributed by atoms with E-state index in [-0.39, 0.29) is 5.56 Å². The molecule has 0 atom stereocenters. The van der Waals surface area contributed by atoms with Gasteiger partial charge in [0.2, 0.25) is 0 Å². The van der Waals surface area contributed by atoms with Crippen molar-refractivity contribution in [1.29, 1.82) is 0 Å². The van der Waals surface area contributed by atoms with Gasteiger partial charge in [-0.15, -0.1) is 0 Å². The number of aromatic nitrogens is 1. The fourth-order valence-corrected chi connectivity index (χ4v) is 1.39. The average Bonchev–Trinajstić information content (AvgIpc) is 2.17. The molecule has 0 aliphatic carbocycles. The zero-order chi connectivity index (χ0) is 10.1. The molecule has 4 heteroatoms. The Labute approximate surface area is 80.0 Å². The molecule has 1 aromatic heterocycles. The lowest BCUT2D eigenvalue weighted by Gasteiger charge is -2.02. The third kappa shape index (κ3) is 1.17. The van der Waals surface area contributed by atoms with Gasteiger partial charge in [0.1, 0.15) is 0 Å². The normalized spacial score (nSPS) is 10.3. The first-order chi connectivity index (χ1) is 6.70. The fraction of sp³-hybridized carbons (Fsp3) is 0. The quantitative estimate of drug-likeness (QED) is 0.665. The van der Waals surface area contributed by atoms with Gasteiger partial charge in [0, 0.05) is 11.6 Å². The Hall–Kier alpha value is -2.10. The zero-order valence-electron chi connectivity index (χ0n) is 7.27. The molecular formula is C10H8N2O2. The number of pyridine rings is 1. The van der Waals surface area contributed by atoms with E-state index in [0.29, 0.717) is 16.6 Å². The van der Waals surface area contributed by atoms with Gasteiger partial charge in [0.25, 0.3) is 0 Å². The molecule has 3 N–H and O–H groups in total. The Balaban J connectivity index is 2.88. The molecule has 0 fully saturated rings. The van der Waals surface area contributed by atoms with Crippen LogP contribution in [-0.4, -0.2) is 16.1 Å². The molecule has 1 aromatic carbocycles. The van der Waals surface area contributed by atoms with E-state index in [1.165, 1.54) is 12.3 Å². The molecule has 70 valence electrons. The molecule has 0 bridgehead atoms. The minimum absolute atomic E-state index is 0.224. The van der Waals surface area contributed by atoms with Crippen LogP contribution in [0.1, 0.15) is 10.4 Å². The number of nitrogens with two attached hydrogens (primary N) is 1. The lowest BCUT2D eigenvalue weighted by atomic mass is 10.1. The van der Waals surface area contributed by atoms with Crippen LogP contribution < -0.4 is 5.73 Å². The van der Waals surface area contributed by atoms with Gasteiger partial charge in [-0.05, 0) is 12.1 Å².